The van der Waals surface area contributed by atoms with Gasteiger partial charge in [-0.2, -0.15) is 5.10 Å². The zero-order valence-corrected chi connectivity index (χ0v) is 15.2. The van der Waals surface area contributed by atoms with E-state index in [0.29, 0.717) is 12.1 Å². The van der Waals surface area contributed by atoms with Crippen LogP contribution in [0.25, 0.3) is 0 Å². The fourth-order valence-corrected chi connectivity index (χ4v) is 3.39. The van der Waals surface area contributed by atoms with Crippen LogP contribution >= 0.6 is 0 Å². The van der Waals surface area contributed by atoms with Crippen LogP contribution in [-0.2, 0) is 6.54 Å². The first-order valence-electron chi connectivity index (χ1n) is 9.46. The van der Waals surface area contributed by atoms with Crippen LogP contribution in [-0.4, -0.2) is 51.2 Å². The average Bonchev–Trinajstić information content (AvgIpc) is 3.20. The van der Waals surface area contributed by atoms with Crippen molar-refractivity contribution in [2.24, 2.45) is 5.73 Å². The van der Waals surface area contributed by atoms with Crippen molar-refractivity contribution >= 4 is 11.7 Å². The summed E-state index contributed by atoms with van der Waals surface area (Å²) >= 11 is 0. The van der Waals surface area contributed by atoms with E-state index in [1.165, 1.54) is 6.42 Å². The molecule has 3 rings (SSSR count). The Labute approximate surface area is 154 Å². The molecule has 2 aromatic heterocycles. The lowest BCUT2D eigenvalue weighted by molar-refractivity contribution is 0.0593. The van der Waals surface area contributed by atoms with Gasteiger partial charge in [0.25, 0.3) is 5.91 Å². The smallest absolute Gasteiger partial charge is 0.255 e. The van der Waals surface area contributed by atoms with Crippen molar-refractivity contribution in [1.82, 2.24) is 19.7 Å². The summed E-state index contributed by atoms with van der Waals surface area (Å²) < 4.78 is 1.93. The highest BCUT2D eigenvalue weighted by molar-refractivity contribution is 5.94. The predicted octanol–water partition coefficient (Wildman–Crippen LogP) is 2.12. The largest absolute Gasteiger partial charge is 0.370 e. The lowest BCUT2D eigenvalue weighted by Gasteiger charge is -2.36. The van der Waals surface area contributed by atoms with Crippen LogP contribution in [0.4, 0.5) is 5.82 Å². The van der Waals surface area contributed by atoms with Crippen LogP contribution in [0.15, 0.2) is 36.8 Å². The topological polar surface area (TPSA) is 89.1 Å². The Bertz CT molecular complexity index is 670. The Morgan fingerprint density at radius 2 is 2.27 bits per heavy atom. The van der Waals surface area contributed by atoms with E-state index < -0.39 is 0 Å². The molecule has 0 spiro atoms. The SMILES string of the molecule is NCCCNc1ccc(C(=O)N2CCCCC2CCn2cccn2)cn1. The second-order valence-electron chi connectivity index (χ2n) is 6.71. The second kappa shape index (κ2) is 9.33. The van der Waals surface area contributed by atoms with Gasteiger partial charge in [-0.1, -0.05) is 0 Å². The van der Waals surface area contributed by atoms with Crippen molar-refractivity contribution in [3.8, 4) is 0 Å². The summed E-state index contributed by atoms with van der Waals surface area (Å²) in [6.07, 6.45) is 10.6. The minimum absolute atomic E-state index is 0.0798. The molecule has 0 aromatic carbocycles. The predicted molar refractivity (Wildman–Crippen MR) is 102 cm³/mol. The van der Waals surface area contributed by atoms with Gasteiger partial charge in [-0.05, 0) is 56.8 Å². The molecule has 1 atom stereocenters. The Balaban J connectivity index is 1.60. The molecule has 1 saturated heterocycles. The van der Waals surface area contributed by atoms with Gasteiger partial charge in [-0.15, -0.1) is 0 Å². The van der Waals surface area contributed by atoms with Gasteiger partial charge < -0.3 is 16.0 Å². The number of amides is 1. The Morgan fingerprint density at radius 1 is 1.35 bits per heavy atom. The second-order valence-corrected chi connectivity index (χ2v) is 6.71. The number of nitrogens with one attached hydrogen (secondary N) is 1. The Morgan fingerprint density at radius 3 is 3.00 bits per heavy atom. The van der Waals surface area contributed by atoms with Crippen LogP contribution in [0.1, 0.15) is 42.5 Å². The van der Waals surface area contributed by atoms with E-state index in [0.717, 1.165) is 51.1 Å². The summed E-state index contributed by atoms with van der Waals surface area (Å²) in [6, 6.07) is 5.92. The van der Waals surface area contributed by atoms with E-state index >= 15 is 0 Å². The van der Waals surface area contributed by atoms with Gasteiger partial charge >= 0.3 is 0 Å². The van der Waals surface area contributed by atoms with Crippen LogP contribution in [0.5, 0.6) is 0 Å². The van der Waals surface area contributed by atoms with Crippen LogP contribution in [0, 0.1) is 0 Å². The van der Waals surface area contributed by atoms with Crippen molar-refractivity contribution in [3.05, 3.63) is 42.4 Å². The van der Waals surface area contributed by atoms with E-state index in [4.69, 9.17) is 5.73 Å². The van der Waals surface area contributed by atoms with Crippen molar-refractivity contribution in [2.45, 2.75) is 44.7 Å². The fraction of sp³-hybridized carbons (Fsp3) is 0.526. The van der Waals surface area contributed by atoms with Gasteiger partial charge in [-0.3, -0.25) is 9.48 Å². The maximum atomic E-state index is 13.0. The molecule has 0 aliphatic carbocycles. The zero-order chi connectivity index (χ0) is 18.2. The van der Waals surface area contributed by atoms with Gasteiger partial charge in [-0.25, -0.2) is 4.98 Å². The number of nitrogens with zero attached hydrogens (tertiary/aromatic N) is 4. The molecule has 2 aromatic rings. The van der Waals surface area contributed by atoms with Crippen molar-refractivity contribution in [1.29, 1.82) is 0 Å². The number of piperidine rings is 1. The van der Waals surface area contributed by atoms with Crippen LogP contribution < -0.4 is 11.1 Å². The van der Waals surface area contributed by atoms with Crippen molar-refractivity contribution < 1.29 is 4.79 Å². The first-order chi connectivity index (χ1) is 12.8. The molecule has 26 heavy (non-hydrogen) atoms. The number of likely N-dealkylation sites (tertiary alicyclic amines) is 1. The van der Waals surface area contributed by atoms with E-state index in [1.54, 1.807) is 12.4 Å². The number of pyridine rings is 1. The lowest BCUT2D eigenvalue weighted by Crippen LogP contribution is -2.44. The third-order valence-electron chi connectivity index (χ3n) is 4.84. The zero-order valence-electron chi connectivity index (χ0n) is 15.2. The molecular formula is C19H28N6O. The summed E-state index contributed by atoms with van der Waals surface area (Å²) in [7, 11) is 0. The third-order valence-corrected chi connectivity index (χ3v) is 4.84. The molecule has 1 amide bonds. The van der Waals surface area contributed by atoms with Crippen LogP contribution in [0.2, 0.25) is 0 Å². The molecule has 0 bridgehead atoms. The quantitative estimate of drug-likeness (QED) is 0.707. The molecular weight excluding hydrogens is 328 g/mol. The molecule has 1 unspecified atom stereocenters. The number of aryl methyl sites for hydroxylation is 1. The van der Waals surface area contributed by atoms with Crippen LogP contribution in [0.3, 0.4) is 0 Å². The van der Waals surface area contributed by atoms with E-state index in [-0.39, 0.29) is 11.9 Å². The lowest BCUT2D eigenvalue weighted by atomic mass is 9.98. The maximum Gasteiger partial charge on any atom is 0.255 e. The number of rotatable bonds is 8. The monoisotopic (exact) mass is 356 g/mol. The number of carbonyl (C=O) groups is 1. The van der Waals surface area contributed by atoms with Gasteiger partial charge in [0, 0.05) is 44.3 Å². The van der Waals surface area contributed by atoms with Gasteiger partial charge in [0.05, 0.1) is 5.56 Å². The van der Waals surface area contributed by atoms with Gasteiger partial charge in [0.1, 0.15) is 5.82 Å². The molecule has 1 aliphatic rings. The van der Waals surface area contributed by atoms with Gasteiger partial charge in [0.15, 0.2) is 0 Å². The highest BCUT2D eigenvalue weighted by Crippen LogP contribution is 2.22. The summed E-state index contributed by atoms with van der Waals surface area (Å²) in [5.41, 5.74) is 6.14. The van der Waals surface area contributed by atoms with E-state index in [1.807, 2.05) is 34.0 Å². The summed E-state index contributed by atoms with van der Waals surface area (Å²) in [4.78, 5) is 19.4. The normalized spacial score (nSPS) is 17.3. The highest BCUT2D eigenvalue weighted by Gasteiger charge is 2.27. The third kappa shape index (κ3) is 4.82. The molecule has 140 valence electrons. The minimum atomic E-state index is 0.0798. The van der Waals surface area contributed by atoms with Gasteiger partial charge in [0.2, 0.25) is 0 Å². The number of aromatic nitrogens is 3. The molecule has 3 heterocycles. The number of anilines is 1. The van der Waals surface area contributed by atoms with Crippen molar-refractivity contribution in [2.75, 3.05) is 25.0 Å². The fourth-order valence-electron chi connectivity index (χ4n) is 3.39. The van der Waals surface area contributed by atoms with E-state index in [9.17, 15) is 4.79 Å². The van der Waals surface area contributed by atoms with E-state index in [2.05, 4.69) is 15.4 Å². The number of hydrogen-bond acceptors (Lipinski definition) is 5. The standard InChI is InChI=1S/C19H28N6O/c20-9-3-10-21-18-7-6-16(15-22-18)19(26)25-13-2-1-5-17(25)8-14-24-12-4-11-23-24/h4,6-7,11-12,15,17H,1-3,5,8-10,13-14,20H2,(H,21,22). The number of carbonyl (C=O) groups excluding carboxylic acids is 1. The first-order valence-corrected chi connectivity index (χ1v) is 9.46. The van der Waals surface area contributed by atoms with Crippen molar-refractivity contribution in [3.63, 3.8) is 0 Å². The molecule has 7 nitrogen and oxygen atoms in total. The Kier molecular flexibility index (Phi) is 6.60. The number of hydrogen-bond donors (Lipinski definition) is 2. The molecule has 1 fully saturated rings. The Hall–Kier alpha value is -2.41. The summed E-state index contributed by atoms with van der Waals surface area (Å²) in [6.45, 7) is 3.10. The average molecular weight is 356 g/mol. The molecule has 3 N–H and O–H groups in total. The molecule has 0 radical (unpaired) electrons. The number of nitrogens with two attached hydrogens (primary N) is 1. The molecule has 0 saturated carbocycles. The first kappa shape index (κ1) is 18.4. The maximum absolute atomic E-state index is 13.0. The molecule has 7 heteroatoms. The molecule has 1 aliphatic heterocycles. The minimum Gasteiger partial charge on any atom is -0.370 e. The summed E-state index contributed by atoms with van der Waals surface area (Å²) in [5.74, 6) is 0.861. The highest BCUT2D eigenvalue weighted by atomic mass is 16.2. The summed E-state index contributed by atoms with van der Waals surface area (Å²) in [5, 5.41) is 7.47.